The summed E-state index contributed by atoms with van der Waals surface area (Å²) in [6.45, 7) is 0.949. The topological polar surface area (TPSA) is 37.4 Å². The molecule has 1 saturated heterocycles. The highest BCUT2D eigenvalue weighted by molar-refractivity contribution is 9.09. The number of para-hydroxylation sites is 1. The fourth-order valence-electron chi connectivity index (χ4n) is 2.59. The van der Waals surface area contributed by atoms with Crippen molar-refractivity contribution >= 4 is 31.5 Å². The van der Waals surface area contributed by atoms with Gasteiger partial charge in [0.1, 0.15) is 0 Å². The van der Waals surface area contributed by atoms with Gasteiger partial charge in [0.15, 0.2) is 9.84 Å². The summed E-state index contributed by atoms with van der Waals surface area (Å²) in [6.07, 6.45) is 4.61. The predicted octanol–water partition coefficient (Wildman–Crippen LogP) is 2.84. The number of alkyl halides is 1. The van der Waals surface area contributed by atoms with Gasteiger partial charge in [0.05, 0.1) is 10.6 Å². The number of anilines is 1. The van der Waals surface area contributed by atoms with E-state index in [0.29, 0.717) is 10.9 Å². The van der Waals surface area contributed by atoms with Crippen LogP contribution >= 0.6 is 15.9 Å². The Morgan fingerprint density at radius 2 is 2.11 bits per heavy atom. The lowest BCUT2D eigenvalue weighted by Crippen LogP contribution is -2.30. The maximum atomic E-state index is 11.8. The van der Waals surface area contributed by atoms with Crippen LogP contribution in [0.4, 0.5) is 5.69 Å². The Kier molecular flexibility index (Phi) is 4.33. The molecule has 0 radical (unpaired) electrons. The molecule has 1 aromatic carbocycles. The van der Waals surface area contributed by atoms with Crippen molar-refractivity contribution in [3.8, 4) is 0 Å². The molecule has 0 bridgehead atoms. The lowest BCUT2D eigenvalue weighted by molar-refractivity contribution is 0.600. The van der Waals surface area contributed by atoms with Crippen LogP contribution < -0.4 is 4.90 Å². The summed E-state index contributed by atoms with van der Waals surface area (Å²) in [5.41, 5.74) is 0.864. The smallest absolute Gasteiger partial charge is 0.177 e. The molecule has 1 aliphatic heterocycles. The minimum Gasteiger partial charge on any atom is -0.367 e. The summed E-state index contributed by atoms with van der Waals surface area (Å²) in [5.74, 6) is 0. The third-order valence-corrected chi connectivity index (χ3v) is 5.00. The molecule has 0 saturated carbocycles. The predicted molar refractivity (Wildman–Crippen MR) is 78.3 cm³/mol. The zero-order chi connectivity index (χ0) is 13.2. The van der Waals surface area contributed by atoms with Crippen LogP contribution in [0.5, 0.6) is 0 Å². The van der Waals surface area contributed by atoms with E-state index in [1.807, 2.05) is 12.1 Å². The first kappa shape index (κ1) is 13.9. The van der Waals surface area contributed by atoms with Crippen molar-refractivity contribution in [1.82, 2.24) is 0 Å². The molecule has 1 fully saturated rings. The molecule has 1 unspecified atom stereocenters. The number of benzene rings is 1. The van der Waals surface area contributed by atoms with Crippen LogP contribution in [-0.4, -0.2) is 32.6 Å². The van der Waals surface area contributed by atoms with Gasteiger partial charge in [-0.2, -0.15) is 0 Å². The Hall–Kier alpha value is -0.550. The van der Waals surface area contributed by atoms with Crippen molar-refractivity contribution in [3.05, 3.63) is 24.3 Å². The van der Waals surface area contributed by atoms with Crippen molar-refractivity contribution in [2.24, 2.45) is 0 Å². The molecule has 1 atom stereocenters. The van der Waals surface area contributed by atoms with Gasteiger partial charge >= 0.3 is 0 Å². The first-order chi connectivity index (χ1) is 8.54. The molecule has 2 rings (SSSR count). The zero-order valence-electron chi connectivity index (χ0n) is 10.5. The van der Waals surface area contributed by atoms with Gasteiger partial charge in [-0.3, -0.25) is 0 Å². The van der Waals surface area contributed by atoms with E-state index in [4.69, 9.17) is 0 Å². The van der Waals surface area contributed by atoms with Crippen molar-refractivity contribution in [1.29, 1.82) is 0 Å². The highest BCUT2D eigenvalue weighted by Crippen LogP contribution is 2.32. The molecule has 0 N–H and O–H groups in total. The second-order valence-corrected chi connectivity index (χ2v) is 7.48. The van der Waals surface area contributed by atoms with Crippen molar-refractivity contribution in [3.63, 3.8) is 0 Å². The molecule has 3 nitrogen and oxygen atoms in total. The average molecular weight is 332 g/mol. The highest BCUT2D eigenvalue weighted by atomic mass is 79.9. The molecule has 100 valence electrons. The van der Waals surface area contributed by atoms with Gasteiger partial charge in [-0.25, -0.2) is 8.42 Å². The van der Waals surface area contributed by atoms with Crippen molar-refractivity contribution < 1.29 is 8.42 Å². The van der Waals surface area contributed by atoms with E-state index in [-0.39, 0.29) is 0 Å². The van der Waals surface area contributed by atoms with Gasteiger partial charge in [-0.1, -0.05) is 28.1 Å². The summed E-state index contributed by atoms with van der Waals surface area (Å²) in [6, 6.07) is 7.77. The monoisotopic (exact) mass is 331 g/mol. The van der Waals surface area contributed by atoms with E-state index in [2.05, 4.69) is 20.8 Å². The van der Waals surface area contributed by atoms with E-state index in [1.165, 1.54) is 6.26 Å². The Balaban J connectivity index is 2.39. The second-order valence-electron chi connectivity index (χ2n) is 4.71. The Bertz CT molecular complexity index is 515. The summed E-state index contributed by atoms with van der Waals surface area (Å²) in [7, 11) is -3.16. The summed E-state index contributed by atoms with van der Waals surface area (Å²) < 4.78 is 23.7. The minimum atomic E-state index is -3.16. The van der Waals surface area contributed by atoms with Crippen LogP contribution in [0, 0.1) is 0 Å². The van der Waals surface area contributed by atoms with Crippen LogP contribution in [0.15, 0.2) is 29.2 Å². The Labute approximate surface area is 117 Å². The summed E-state index contributed by atoms with van der Waals surface area (Å²) >= 11 is 3.47. The second kappa shape index (κ2) is 5.61. The van der Waals surface area contributed by atoms with Gasteiger partial charge in [0, 0.05) is 24.2 Å². The molecule has 0 aromatic heterocycles. The van der Waals surface area contributed by atoms with E-state index >= 15 is 0 Å². The Morgan fingerprint density at radius 3 is 2.78 bits per heavy atom. The third-order valence-electron chi connectivity index (χ3n) is 3.39. The molecule has 5 heteroatoms. The molecule has 0 aliphatic carbocycles. The molecule has 0 spiro atoms. The van der Waals surface area contributed by atoms with Gasteiger partial charge in [0.2, 0.25) is 0 Å². The van der Waals surface area contributed by atoms with Gasteiger partial charge in [-0.15, -0.1) is 0 Å². The quantitative estimate of drug-likeness (QED) is 0.796. The van der Waals surface area contributed by atoms with E-state index in [1.54, 1.807) is 12.1 Å². The van der Waals surface area contributed by atoms with E-state index in [0.717, 1.165) is 36.8 Å². The first-order valence-corrected chi connectivity index (χ1v) is 9.17. The van der Waals surface area contributed by atoms with Gasteiger partial charge in [0.25, 0.3) is 0 Å². The largest absolute Gasteiger partial charge is 0.367 e. The van der Waals surface area contributed by atoms with Crippen LogP contribution in [0.3, 0.4) is 0 Å². The fourth-order valence-corrected chi connectivity index (χ4v) is 4.01. The third kappa shape index (κ3) is 2.88. The van der Waals surface area contributed by atoms with Crippen LogP contribution in [0.2, 0.25) is 0 Å². The molecule has 1 aromatic rings. The van der Waals surface area contributed by atoms with Crippen LogP contribution in [-0.2, 0) is 9.84 Å². The molecule has 1 aliphatic rings. The number of rotatable bonds is 4. The van der Waals surface area contributed by atoms with Gasteiger partial charge in [-0.05, 0) is 31.4 Å². The number of halogens is 1. The normalized spacial score (nSPS) is 20.3. The highest BCUT2D eigenvalue weighted by Gasteiger charge is 2.27. The standard InChI is InChI=1S/C13H18BrNO2S/c1-18(16,17)13-7-3-2-6-12(13)15-10-4-5-11(15)8-9-14/h2-3,6-7,11H,4-5,8-10H2,1H3. The summed E-state index contributed by atoms with van der Waals surface area (Å²) in [4.78, 5) is 2.70. The minimum absolute atomic E-state index is 0.450. The van der Waals surface area contributed by atoms with Crippen molar-refractivity contribution in [2.45, 2.75) is 30.2 Å². The molecular weight excluding hydrogens is 314 g/mol. The first-order valence-electron chi connectivity index (χ1n) is 6.15. The fraction of sp³-hybridized carbons (Fsp3) is 0.538. The summed E-state index contributed by atoms with van der Waals surface area (Å²) in [5, 5.41) is 0.954. The Morgan fingerprint density at radius 1 is 1.39 bits per heavy atom. The molecule has 0 amide bonds. The van der Waals surface area contributed by atoms with Crippen LogP contribution in [0.25, 0.3) is 0 Å². The lowest BCUT2D eigenvalue weighted by atomic mass is 10.1. The lowest BCUT2D eigenvalue weighted by Gasteiger charge is -2.28. The van der Waals surface area contributed by atoms with E-state index in [9.17, 15) is 8.42 Å². The van der Waals surface area contributed by atoms with Gasteiger partial charge < -0.3 is 4.90 Å². The number of nitrogens with zero attached hydrogens (tertiary/aromatic N) is 1. The van der Waals surface area contributed by atoms with Crippen LogP contribution in [0.1, 0.15) is 19.3 Å². The zero-order valence-corrected chi connectivity index (χ0v) is 12.9. The van der Waals surface area contributed by atoms with E-state index < -0.39 is 9.84 Å². The molecule has 1 heterocycles. The number of hydrogen-bond acceptors (Lipinski definition) is 3. The number of hydrogen-bond donors (Lipinski definition) is 0. The number of sulfone groups is 1. The average Bonchev–Trinajstić information content (AvgIpc) is 2.77. The molecule has 18 heavy (non-hydrogen) atoms. The maximum absolute atomic E-state index is 11.8. The molecular formula is C13H18BrNO2S. The van der Waals surface area contributed by atoms with Crippen molar-refractivity contribution in [2.75, 3.05) is 23.0 Å². The maximum Gasteiger partial charge on any atom is 0.177 e. The SMILES string of the molecule is CS(=O)(=O)c1ccccc1N1CCCC1CCBr.